The van der Waals surface area contributed by atoms with Crippen molar-refractivity contribution in [2.75, 3.05) is 29.8 Å². The van der Waals surface area contributed by atoms with Gasteiger partial charge in [0.1, 0.15) is 10.6 Å². The summed E-state index contributed by atoms with van der Waals surface area (Å²) >= 11 is 0. The Morgan fingerprint density at radius 1 is 1.04 bits per heavy atom. The fourth-order valence-corrected chi connectivity index (χ4v) is 4.37. The van der Waals surface area contributed by atoms with Crippen molar-refractivity contribution in [3.63, 3.8) is 0 Å². The Bertz CT molecular complexity index is 872. The molecule has 1 N–H and O–H groups in total. The number of anilines is 2. The van der Waals surface area contributed by atoms with Crippen LogP contribution in [0.1, 0.15) is 24.0 Å². The monoisotopic (exact) mass is 360 g/mol. The van der Waals surface area contributed by atoms with E-state index < -0.39 is 10.0 Å². The van der Waals surface area contributed by atoms with E-state index in [1.54, 1.807) is 18.2 Å². The van der Waals surface area contributed by atoms with Gasteiger partial charge in [0.2, 0.25) is 0 Å². The van der Waals surface area contributed by atoms with Crippen LogP contribution in [-0.4, -0.2) is 28.6 Å². The van der Waals surface area contributed by atoms with Crippen molar-refractivity contribution in [1.82, 2.24) is 0 Å². The van der Waals surface area contributed by atoms with Gasteiger partial charge in [-0.2, -0.15) is 0 Å². The van der Waals surface area contributed by atoms with Gasteiger partial charge in [-0.05, 0) is 68.1 Å². The van der Waals surface area contributed by atoms with Crippen molar-refractivity contribution in [2.24, 2.45) is 0 Å². The zero-order chi connectivity index (χ0) is 18.0. The van der Waals surface area contributed by atoms with Gasteiger partial charge in [0.05, 0.1) is 12.8 Å². The maximum absolute atomic E-state index is 12.9. The predicted octanol–water partition coefficient (Wildman–Crippen LogP) is 3.71. The van der Waals surface area contributed by atoms with E-state index in [0.717, 1.165) is 29.9 Å². The Labute approximate surface area is 149 Å². The van der Waals surface area contributed by atoms with E-state index in [0.29, 0.717) is 11.4 Å². The Morgan fingerprint density at radius 3 is 2.40 bits per heavy atom. The SMILES string of the molecule is COc1cc(C)c(C)cc1S(=O)(=O)Nc1cccc(N2CCCC2)c1. The molecule has 0 unspecified atom stereocenters. The predicted molar refractivity (Wildman–Crippen MR) is 101 cm³/mol. The van der Waals surface area contributed by atoms with E-state index in [2.05, 4.69) is 9.62 Å². The lowest BCUT2D eigenvalue weighted by Crippen LogP contribution is -2.18. The molecule has 1 saturated heterocycles. The largest absolute Gasteiger partial charge is 0.495 e. The summed E-state index contributed by atoms with van der Waals surface area (Å²) in [5.74, 6) is 0.353. The number of nitrogens with one attached hydrogen (secondary N) is 1. The van der Waals surface area contributed by atoms with Crippen LogP contribution in [0.25, 0.3) is 0 Å². The number of hydrogen-bond acceptors (Lipinski definition) is 4. The summed E-state index contributed by atoms with van der Waals surface area (Å²) in [5.41, 5.74) is 3.51. The number of aryl methyl sites for hydroxylation is 2. The van der Waals surface area contributed by atoms with Gasteiger partial charge >= 0.3 is 0 Å². The number of ether oxygens (including phenoxy) is 1. The third-order valence-electron chi connectivity index (χ3n) is 4.64. The molecule has 2 aromatic carbocycles. The minimum atomic E-state index is -3.73. The van der Waals surface area contributed by atoms with Crippen molar-refractivity contribution < 1.29 is 13.2 Å². The van der Waals surface area contributed by atoms with Crippen LogP contribution in [0.2, 0.25) is 0 Å². The summed E-state index contributed by atoms with van der Waals surface area (Å²) in [6, 6.07) is 11.0. The first-order valence-electron chi connectivity index (χ1n) is 8.44. The first-order chi connectivity index (χ1) is 11.9. The number of nitrogens with zero attached hydrogens (tertiary/aromatic N) is 1. The van der Waals surface area contributed by atoms with Gasteiger partial charge in [-0.25, -0.2) is 8.42 Å². The van der Waals surface area contributed by atoms with Crippen LogP contribution >= 0.6 is 0 Å². The minimum absolute atomic E-state index is 0.157. The second kappa shape index (κ2) is 6.96. The van der Waals surface area contributed by atoms with Crippen molar-refractivity contribution in [2.45, 2.75) is 31.6 Å². The molecule has 1 heterocycles. The number of hydrogen-bond donors (Lipinski definition) is 1. The maximum Gasteiger partial charge on any atom is 0.265 e. The second-order valence-electron chi connectivity index (χ2n) is 6.44. The molecular weight excluding hydrogens is 336 g/mol. The minimum Gasteiger partial charge on any atom is -0.495 e. The number of rotatable bonds is 5. The zero-order valence-corrected chi connectivity index (χ0v) is 15.7. The van der Waals surface area contributed by atoms with E-state index in [1.807, 2.05) is 32.0 Å². The first-order valence-corrected chi connectivity index (χ1v) is 9.92. The molecule has 1 aliphatic heterocycles. The standard InChI is InChI=1S/C19H24N2O3S/c1-14-11-18(24-3)19(12-15(14)2)25(22,23)20-16-7-6-8-17(13-16)21-9-4-5-10-21/h6-8,11-13,20H,4-5,9-10H2,1-3H3. The van der Waals surface area contributed by atoms with Crippen LogP contribution in [0.5, 0.6) is 5.75 Å². The summed E-state index contributed by atoms with van der Waals surface area (Å²) in [6.07, 6.45) is 2.35. The van der Waals surface area contributed by atoms with E-state index in [-0.39, 0.29) is 4.90 Å². The van der Waals surface area contributed by atoms with Crippen molar-refractivity contribution in [1.29, 1.82) is 0 Å². The Morgan fingerprint density at radius 2 is 1.72 bits per heavy atom. The molecule has 0 radical (unpaired) electrons. The molecule has 25 heavy (non-hydrogen) atoms. The first kappa shape index (κ1) is 17.6. The van der Waals surface area contributed by atoms with Crippen molar-refractivity contribution >= 4 is 21.4 Å². The second-order valence-corrected chi connectivity index (χ2v) is 8.09. The maximum atomic E-state index is 12.9. The lowest BCUT2D eigenvalue weighted by atomic mass is 10.1. The molecular formula is C19H24N2O3S. The molecule has 0 saturated carbocycles. The summed E-state index contributed by atoms with van der Waals surface area (Å²) in [5, 5.41) is 0. The molecule has 0 amide bonds. The molecule has 6 heteroatoms. The Hall–Kier alpha value is -2.21. The van der Waals surface area contributed by atoms with Crippen LogP contribution < -0.4 is 14.4 Å². The van der Waals surface area contributed by atoms with Gasteiger partial charge < -0.3 is 9.64 Å². The Kier molecular flexibility index (Phi) is 4.90. The molecule has 2 aromatic rings. The van der Waals surface area contributed by atoms with Crippen LogP contribution in [0.15, 0.2) is 41.3 Å². The number of methoxy groups -OCH3 is 1. The number of benzene rings is 2. The van der Waals surface area contributed by atoms with Gasteiger partial charge in [0.25, 0.3) is 10.0 Å². The summed E-state index contributed by atoms with van der Waals surface area (Å²) in [7, 11) is -2.25. The highest BCUT2D eigenvalue weighted by molar-refractivity contribution is 7.92. The normalized spacial score (nSPS) is 14.6. The van der Waals surface area contributed by atoms with Crippen molar-refractivity contribution in [3.05, 3.63) is 47.5 Å². The van der Waals surface area contributed by atoms with Gasteiger partial charge in [-0.3, -0.25) is 4.72 Å². The molecule has 0 bridgehead atoms. The van der Waals surface area contributed by atoms with Crippen molar-refractivity contribution in [3.8, 4) is 5.75 Å². The molecule has 1 aliphatic rings. The van der Waals surface area contributed by atoms with Crippen LogP contribution in [0.3, 0.4) is 0 Å². The van der Waals surface area contributed by atoms with E-state index in [9.17, 15) is 8.42 Å². The molecule has 0 aliphatic carbocycles. The van der Waals surface area contributed by atoms with E-state index >= 15 is 0 Å². The van der Waals surface area contributed by atoms with Crippen LogP contribution in [0, 0.1) is 13.8 Å². The third kappa shape index (κ3) is 3.74. The fourth-order valence-electron chi connectivity index (χ4n) is 3.08. The highest BCUT2D eigenvalue weighted by Crippen LogP contribution is 2.30. The number of sulfonamides is 1. The molecule has 3 rings (SSSR count). The van der Waals surface area contributed by atoms with E-state index in [4.69, 9.17) is 4.74 Å². The van der Waals surface area contributed by atoms with Gasteiger partial charge in [0.15, 0.2) is 0 Å². The van der Waals surface area contributed by atoms with Crippen LogP contribution in [-0.2, 0) is 10.0 Å². The summed E-state index contributed by atoms with van der Waals surface area (Å²) < 4.78 is 33.7. The fraction of sp³-hybridized carbons (Fsp3) is 0.368. The molecule has 5 nitrogen and oxygen atoms in total. The Balaban J connectivity index is 1.92. The lowest BCUT2D eigenvalue weighted by Gasteiger charge is -2.19. The third-order valence-corrected chi connectivity index (χ3v) is 6.04. The summed E-state index contributed by atoms with van der Waals surface area (Å²) in [4.78, 5) is 2.43. The molecule has 1 fully saturated rings. The molecule has 0 atom stereocenters. The topological polar surface area (TPSA) is 58.6 Å². The van der Waals surface area contributed by atoms with Gasteiger partial charge in [-0.15, -0.1) is 0 Å². The molecule has 0 spiro atoms. The quantitative estimate of drug-likeness (QED) is 0.883. The zero-order valence-electron chi connectivity index (χ0n) is 14.9. The average molecular weight is 360 g/mol. The average Bonchev–Trinajstić information content (AvgIpc) is 3.11. The van der Waals surface area contributed by atoms with E-state index in [1.165, 1.54) is 20.0 Å². The molecule has 0 aromatic heterocycles. The molecule has 134 valence electrons. The highest BCUT2D eigenvalue weighted by Gasteiger charge is 2.21. The van der Waals surface area contributed by atoms with Gasteiger partial charge in [0, 0.05) is 18.8 Å². The lowest BCUT2D eigenvalue weighted by molar-refractivity contribution is 0.402. The smallest absolute Gasteiger partial charge is 0.265 e. The highest BCUT2D eigenvalue weighted by atomic mass is 32.2. The van der Waals surface area contributed by atoms with Gasteiger partial charge in [-0.1, -0.05) is 6.07 Å². The van der Waals surface area contributed by atoms with Crippen LogP contribution in [0.4, 0.5) is 11.4 Å². The summed E-state index contributed by atoms with van der Waals surface area (Å²) in [6.45, 7) is 5.85.